The van der Waals surface area contributed by atoms with Crippen molar-refractivity contribution in [3.05, 3.63) is 47.8 Å². The van der Waals surface area contributed by atoms with Crippen molar-refractivity contribution in [2.24, 2.45) is 0 Å². The Kier molecular flexibility index (Phi) is 5.15. The van der Waals surface area contributed by atoms with E-state index in [1.807, 2.05) is 46.8 Å². The predicted molar refractivity (Wildman–Crippen MR) is 90.1 cm³/mol. The molecule has 0 unspecified atom stereocenters. The topological polar surface area (TPSA) is 56.6 Å². The van der Waals surface area contributed by atoms with Gasteiger partial charge in [-0.1, -0.05) is 6.07 Å². The maximum absolute atomic E-state index is 12.9. The van der Waals surface area contributed by atoms with Crippen LogP contribution in [0.2, 0.25) is 0 Å². The van der Waals surface area contributed by atoms with Gasteiger partial charge in [0.15, 0.2) is 0 Å². The van der Waals surface area contributed by atoms with Crippen LogP contribution in [0.15, 0.2) is 36.5 Å². The van der Waals surface area contributed by atoms with Crippen LogP contribution in [0.5, 0.6) is 5.75 Å². The monoisotopic (exact) mass is 329 g/mol. The third kappa shape index (κ3) is 3.43. The highest BCUT2D eigenvalue weighted by atomic mass is 16.5. The van der Waals surface area contributed by atoms with Crippen molar-refractivity contribution < 1.29 is 14.3 Å². The Morgan fingerprint density at radius 2 is 2.25 bits per heavy atom. The van der Waals surface area contributed by atoms with Gasteiger partial charge in [0.25, 0.3) is 5.91 Å². The third-order valence-corrected chi connectivity index (χ3v) is 4.22. The minimum atomic E-state index is 0.0198. The molecule has 0 spiro atoms. The standard InChI is InChI=1S/C18H23N3O3/c1-3-24-17-6-4-5-14(11-17)18(22)20-12-15-7-9-19-21(15)16(13-20)8-10-23-2/h4-7,9,11,16H,3,8,10,12-13H2,1-2H3/t16-/m1/s1. The lowest BCUT2D eigenvalue weighted by molar-refractivity contribution is 0.0641. The van der Waals surface area contributed by atoms with Crippen molar-refractivity contribution in [2.75, 3.05) is 26.9 Å². The smallest absolute Gasteiger partial charge is 0.254 e. The molecular weight excluding hydrogens is 306 g/mol. The van der Waals surface area contributed by atoms with Gasteiger partial charge in [-0.15, -0.1) is 0 Å². The van der Waals surface area contributed by atoms with Crippen LogP contribution < -0.4 is 4.74 Å². The van der Waals surface area contributed by atoms with Crippen LogP contribution in [0, 0.1) is 0 Å². The highest BCUT2D eigenvalue weighted by Crippen LogP contribution is 2.25. The van der Waals surface area contributed by atoms with E-state index in [1.54, 1.807) is 13.3 Å². The molecule has 0 fully saturated rings. The molecule has 1 atom stereocenters. The Bertz CT molecular complexity index is 698. The maximum atomic E-state index is 12.9. The van der Waals surface area contributed by atoms with E-state index in [2.05, 4.69) is 5.10 Å². The molecule has 6 nitrogen and oxygen atoms in total. The second-order valence-electron chi connectivity index (χ2n) is 5.85. The zero-order valence-corrected chi connectivity index (χ0v) is 14.1. The van der Waals surface area contributed by atoms with Crippen molar-refractivity contribution in [1.29, 1.82) is 0 Å². The Morgan fingerprint density at radius 3 is 3.04 bits per heavy atom. The second kappa shape index (κ2) is 7.49. The number of carbonyl (C=O) groups excluding carboxylic acids is 1. The van der Waals surface area contributed by atoms with E-state index >= 15 is 0 Å². The molecule has 6 heteroatoms. The van der Waals surface area contributed by atoms with Crippen molar-refractivity contribution in [3.63, 3.8) is 0 Å². The molecule has 0 N–H and O–H groups in total. The molecule has 1 aliphatic rings. The molecule has 0 radical (unpaired) electrons. The van der Waals surface area contributed by atoms with Crippen molar-refractivity contribution >= 4 is 5.91 Å². The lowest BCUT2D eigenvalue weighted by Gasteiger charge is -2.34. The zero-order chi connectivity index (χ0) is 16.9. The number of fused-ring (bicyclic) bond motifs is 1. The lowest BCUT2D eigenvalue weighted by Crippen LogP contribution is -2.41. The van der Waals surface area contributed by atoms with Crippen molar-refractivity contribution in [2.45, 2.75) is 25.9 Å². The minimum Gasteiger partial charge on any atom is -0.494 e. The maximum Gasteiger partial charge on any atom is 0.254 e. The summed E-state index contributed by atoms with van der Waals surface area (Å²) >= 11 is 0. The number of carbonyl (C=O) groups is 1. The first-order valence-corrected chi connectivity index (χ1v) is 8.26. The van der Waals surface area contributed by atoms with Gasteiger partial charge in [-0.3, -0.25) is 9.48 Å². The van der Waals surface area contributed by atoms with Crippen molar-refractivity contribution in [1.82, 2.24) is 14.7 Å². The van der Waals surface area contributed by atoms with E-state index < -0.39 is 0 Å². The number of rotatable bonds is 6. The molecule has 2 heterocycles. The summed E-state index contributed by atoms with van der Waals surface area (Å²) in [7, 11) is 1.69. The molecule has 2 aromatic rings. The summed E-state index contributed by atoms with van der Waals surface area (Å²) in [5.41, 5.74) is 1.70. The molecule has 1 aromatic heterocycles. The van der Waals surface area contributed by atoms with Gasteiger partial charge in [-0.2, -0.15) is 5.10 Å². The number of hydrogen-bond acceptors (Lipinski definition) is 4. The van der Waals surface area contributed by atoms with Gasteiger partial charge in [0.2, 0.25) is 0 Å². The minimum absolute atomic E-state index is 0.0198. The van der Waals surface area contributed by atoms with Crippen LogP contribution in [-0.2, 0) is 11.3 Å². The quantitative estimate of drug-likeness (QED) is 0.817. The number of ether oxygens (including phenoxy) is 2. The predicted octanol–water partition coefficient (Wildman–Crippen LogP) is 2.52. The van der Waals surface area contributed by atoms with Crippen LogP contribution in [-0.4, -0.2) is 47.5 Å². The third-order valence-electron chi connectivity index (χ3n) is 4.22. The Balaban J connectivity index is 1.79. The highest BCUT2D eigenvalue weighted by Gasteiger charge is 2.28. The molecule has 0 bridgehead atoms. The number of aromatic nitrogens is 2. The van der Waals surface area contributed by atoms with Crippen LogP contribution in [0.1, 0.15) is 35.4 Å². The molecule has 1 aliphatic heterocycles. The summed E-state index contributed by atoms with van der Waals surface area (Å²) in [5.74, 6) is 0.743. The van der Waals surface area contributed by atoms with E-state index in [-0.39, 0.29) is 11.9 Å². The van der Waals surface area contributed by atoms with E-state index in [4.69, 9.17) is 9.47 Å². The number of benzene rings is 1. The van der Waals surface area contributed by atoms with Gasteiger partial charge in [0.1, 0.15) is 5.75 Å². The van der Waals surface area contributed by atoms with Crippen LogP contribution in [0.3, 0.4) is 0 Å². The van der Waals surface area contributed by atoms with E-state index in [1.165, 1.54) is 0 Å². The summed E-state index contributed by atoms with van der Waals surface area (Å²) in [6, 6.07) is 9.48. The van der Waals surface area contributed by atoms with Crippen LogP contribution in [0.4, 0.5) is 0 Å². The van der Waals surface area contributed by atoms with Gasteiger partial charge in [0.05, 0.1) is 24.9 Å². The molecule has 0 saturated heterocycles. The van der Waals surface area contributed by atoms with Gasteiger partial charge in [0, 0.05) is 32.0 Å². The van der Waals surface area contributed by atoms with Crippen LogP contribution >= 0.6 is 0 Å². The second-order valence-corrected chi connectivity index (χ2v) is 5.85. The van der Waals surface area contributed by atoms with E-state index in [0.717, 1.165) is 17.9 Å². The lowest BCUT2D eigenvalue weighted by atomic mass is 10.1. The molecule has 24 heavy (non-hydrogen) atoms. The van der Waals surface area contributed by atoms with E-state index in [0.29, 0.717) is 31.9 Å². The number of methoxy groups -OCH3 is 1. The molecule has 1 aromatic carbocycles. The number of hydrogen-bond donors (Lipinski definition) is 0. The fourth-order valence-corrected chi connectivity index (χ4v) is 3.08. The molecular formula is C18H23N3O3. The van der Waals surface area contributed by atoms with Gasteiger partial charge < -0.3 is 14.4 Å². The fraction of sp³-hybridized carbons (Fsp3) is 0.444. The summed E-state index contributed by atoms with van der Waals surface area (Å²) in [6.45, 7) is 4.36. The largest absolute Gasteiger partial charge is 0.494 e. The average Bonchev–Trinajstić information content (AvgIpc) is 3.08. The SMILES string of the molecule is CCOc1cccc(C(=O)N2Cc3ccnn3[C@H](CCOC)C2)c1. The molecule has 0 aliphatic carbocycles. The van der Waals surface area contributed by atoms with Gasteiger partial charge >= 0.3 is 0 Å². The van der Waals surface area contributed by atoms with Gasteiger partial charge in [-0.25, -0.2) is 0 Å². The number of nitrogens with zero attached hydrogens (tertiary/aromatic N) is 3. The first-order valence-electron chi connectivity index (χ1n) is 8.26. The Hall–Kier alpha value is -2.34. The molecule has 0 saturated carbocycles. The summed E-state index contributed by atoms with van der Waals surface area (Å²) in [6.07, 6.45) is 2.62. The first-order chi connectivity index (χ1) is 11.7. The Labute approximate surface area is 142 Å². The summed E-state index contributed by atoms with van der Waals surface area (Å²) in [5, 5.41) is 4.40. The van der Waals surface area contributed by atoms with Crippen molar-refractivity contribution in [3.8, 4) is 5.75 Å². The highest BCUT2D eigenvalue weighted by molar-refractivity contribution is 5.94. The van der Waals surface area contributed by atoms with E-state index in [9.17, 15) is 4.79 Å². The van der Waals surface area contributed by atoms with Gasteiger partial charge in [-0.05, 0) is 37.6 Å². The average molecular weight is 329 g/mol. The normalized spacial score (nSPS) is 16.8. The molecule has 128 valence electrons. The summed E-state index contributed by atoms with van der Waals surface area (Å²) < 4.78 is 12.7. The number of amides is 1. The zero-order valence-electron chi connectivity index (χ0n) is 14.1. The summed E-state index contributed by atoms with van der Waals surface area (Å²) in [4.78, 5) is 14.8. The van der Waals surface area contributed by atoms with Crippen LogP contribution in [0.25, 0.3) is 0 Å². The Morgan fingerprint density at radius 1 is 1.38 bits per heavy atom. The first kappa shape index (κ1) is 16.5. The molecule has 3 rings (SSSR count). The fourth-order valence-electron chi connectivity index (χ4n) is 3.08. The molecule has 1 amide bonds.